The Morgan fingerprint density at radius 2 is 1.40 bits per heavy atom. The van der Waals surface area contributed by atoms with E-state index >= 15 is 0 Å². The maximum atomic E-state index is 8.44. The third-order valence-corrected chi connectivity index (χ3v) is 0. The van der Waals surface area contributed by atoms with E-state index in [0.717, 1.165) is 0 Å². The Labute approximate surface area is 52.0 Å². The van der Waals surface area contributed by atoms with E-state index in [1.54, 1.807) is 0 Å². The topological polar surface area (TPSA) is 63.2 Å². The van der Waals surface area contributed by atoms with Crippen molar-refractivity contribution in [1.82, 2.24) is 0 Å². The summed E-state index contributed by atoms with van der Waals surface area (Å²) in [6.45, 7) is 0. The Kier molecular flexibility index (Phi) is 9.36. The molecule has 0 aromatic rings. The van der Waals surface area contributed by atoms with Gasteiger partial charge in [0.15, 0.2) is 0 Å². The van der Waals surface area contributed by atoms with Crippen molar-refractivity contribution in [2.24, 2.45) is 0 Å². The zero-order valence-electron chi connectivity index (χ0n) is 2.34. The zero-order valence-corrected chi connectivity index (χ0v) is 8.65. The van der Waals surface area contributed by atoms with Crippen LogP contribution in [0.3, 0.4) is 0 Å². The van der Waals surface area contributed by atoms with Crippen LogP contribution in [-0.2, 0) is 11.4 Å². The molecule has 5 heavy (non-hydrogen) atoms. The van der Waals surface area contributed by atoms with E-state index in [4.69, 9.17) is 13.3 Å². The van der Waals surface area contributed by atoms with Gasteiger partial charge in [0.25, 0.3) is 0 Å². The molecule has 0 saturated heterocycles. The van der Waals surface area contributed by atoms with Crippen LogP contribution in [0.15, 0.2) is 0 Å². The van der Waals surface area contributed by atoms with E-state index in [1.165, 1.54) is 0 Å². The molecular weight excluding hydrogens is 287 g/mol. The molecule has 0 heterocycles. The molecule has 0 atom stereocenters. The molecule has 0 N–H and O–H groups in total. The molecule has 5 heteroatoms. The van der Waals surface area contributed by atoms with Gasteiger partial charge in [-0.1, -0.05) is 0 Å². The summed E-state index contributed by atoms with van der Waals surface area (Å²) >= 11 is -3.11. The Hall–Kier alpha value is 0.992. The van der Waals surface area contributed by atoms with Crippen LogP contribution >= 0.6 is 0 Å². The van der Waals surface area contributed by atoms with Crippen LogP contribution in [-0.4, -0.2) is 40.6 Å². The van der Waals surface area contributed by atoms with Gasteiger partial charge in [0.05, 0.1) is 0 Å². The Balaban J connectivity index is 0. The molecule has 0 fully saturated rings. The van der Waals surface area contributed by atoms with Gasteiger partial charge in [0.2, 0.25) is 0 Å². The average molecular weight is 289 g/mol. The molecule has 0 unspecified atom stereocenters. The van der Waals surface area contributed by atoms with Crippen molar-refractivity contribution in [1.29, 1.82) is 0 Å². The second-order valence-corrected chi connectivity index (χ2v) is 0.612. The van der Waals surface area contributed by atoms with Crippen molar-refractivity contribution in [2.75, 3.05) is 0 Å². The summed E-state index contributed by atoms with van der Waals surface area (Å²) in [7, 11) is 0. The average Bonchev–Trinajstić information content (AvgIpc) is 0.811. The molecule has 30 valence electrons. The van der Waals surface area contributed by atoms with Gasteiger partial charge < -0.3 is 9.11 Å². The standard InChI is InChI=1S/H2O3S.Pb.2H/c1-4(2)3;;;/h(H2,1,2,3);;;/q;+2;;/p-2. The van der Waals surface area contributed by atoms with Gasteiger partial charge in [-0.15, -0.1) is 11.4 Å². The fourth-order valence-corrected chi connectivity index (χ4v) is 0. The third-order valence-electron chi connectivity index (χ3n) is 0. The molecular formula is H2O3PbS. The summed E-state index contributed by atoms with van der Waals surface area (Å²) < 4.78 is 25.3. The van der Waals surface area contributed by atoms with Gasteiger partial charge in [-0.2, -0.15) is 0 Å². The first kappa shape index (κ1) is 9.37. The van der Waals surface area contributed by atoms with Crippen molar-refractivity contribution in [3.63, 3.8) is 0 Å². The summed E-state index contributed by atoms with van der Waals surface area (Å²) in [5, 5.41) is 0. The molecule has 3 nitrogen and oxygen atoms in total. The predicted octanol–water partition coefficient (Wildman–Crippen LogP) is -1.92. The minimum absolute atomic E-state index is 0. The van der Waals surface area contributed by atoms with E-state index in [1.807, 2.05) is 0 Å². The van der Waals surface area contributed by atoms with Gasteiger partial charge in [-0.3, -0.25) is 4.21 Å². The Morgan fingerprint density at radius 3 is 1.40 bits per heavy atom. The van der Waals surface area contributed by atoms with Crippen LogP contribution in [0, 0.1) is 0 Å². The first-order valence-electron chi connectivity index (χ1n) is 0.500. The van der Waals surface area contributed by atoms with Crippen molar-refractivity contribution in [3.05, 3.63) is 0 Å². The fraction of sp³-hybridized carbons (Fsp3) is 0. The van der Waals surface area contributed by atoms with Crippen LogP contribution < -0.4 is 0 Å². The number of rotatable bonds is 0. The van der Waals surface area contributed by atoms with Crippen LogP contribution in [0.25, 0.3) is 0 Å². The minimum atomic E-state index is -3.11. The molecule has 0 aromatic carbocycles. The molecule has 0 amide bonds. The second kappa shape index (κ2) is 4.99. The van der Waals surface area contributed by atoms with Gasteiger partial charge in [-0.05, 0) is 0 Å². The molecule has 0 spiro atoms. The normalized spacial score (nSPS) is 7.00. The Bertz CT molecular complexity index is 29.9. The van der Waals surface area contributed by atoms with Crippen LogP contribution in [0.2, 0.25) is 0 Å². The van der Waals surface area contributed by atoms with Gasteiger partial charge >= 0.3 is 27.3 Å². The van der Waals surface area contributed by atoms with Crippen LogP contribution in [0.4, 0.5) is 0 Å². The van der Waals surface area contributed by atoms with Gasteiger partial charge in [0.1, 0.15) is 0 Å². The molecule has 0 saturated carbocycles. The third kappa shape index (κ3) is 45.4. The summed E-state index contributed by atoms with van der Waals surface area (Å²) in [4.78, 5) is 0. The van der Waals surface area contributed by atoms with Crippen molar-refractivity contribution in [2.45, 2.75) is 0 Å². The summed E-state index contributed by atoms with van der Waals surface area (Å²) in [5.74, 6) is 0. The zero-order chi connectivity index (χ0) is 3.58. The monoisotopic (exact) mass is 290 g/mol. The summed E-state index contributed by atoms with van der Waals surface area (Å²) in [6.07, 6.45) is 0. The Morgan fingerprint density at radius 1 is 1.40 bits per heavy atom. The summed E-state index contributed by atoms with van der Waals surface area (Å²) in [5.41, 5.74) is 0. The number of hydrogen-bond acceptors (Lipinski definition) is 3. The first-order valence-corrected chi connectivity index (χ1v) is 1.50. The van der Waals surface area contributed by atoms with Crippen molar-refractivity contribution < 1.29 is 13.3 Å². The molecule has 0 bridgehead atoms. The van der Waals surface area contributed by atoms with E-state index in [-0.39, 0.29) is 27.3 Å². The van der Waals surface area contributed by atoms with E-state index < -0.39 is 11.4 Å². The van der Waals surface area contributed by atoms with Crippen molar-refractivity contribution >= 4 is 38.7 Å². The number of hydrogen-bond donors (Lipinski definition) is 0. The van der Waals surface area contributed by atoms with E-state index in [2.05, 4.69) is 0 Å². The van der Waals surface area contributed by atoms with Crippen LogP contribution in [0.5, 0.6) is 0 Å². The maximum absolute atomic E-state index is 8.44. The van der Waals surface area contributed by atoms with Gasteiger partial charge in [0, 0.05) is 0 Å². The molecule has 0 aliphatic carbocycles. The second-order valence-electron chi connectivity index (χ2n) is 0.204. The molecule has 0 aliphatic heterocycles. The van der Waals surface area contributed by atoms with E-state index in [0.29, 0.717) is 0 Å². The van der Waals surface area contributed by atoms with Gasteiger partial charge in [-0.25, -0.2) is 0 Å². The molecule has 0 rings (SSSR count). The fourth-order valence-electron chi connectivity index (χ4n) is 0. The molecule has 0 aliphatic rings. The van der Waals surface area contributed by atoms with Crippen molar-refractivity contribution in [3.8, 4) is 0 Å². The first-order chi connectivity index (χ1) is 1.73. The summed E-state index contributed by atoms with van der Waals surface area (Å²) in [6, 6.07) is 0. The van der Waals surface area contributed by atoms with Crippen LogP contribution in [0.1, 0.15) is 0 Å². The quantitative estimate of drug-likeness (QED) is 0.386. The van der Waals surface area contributed by atoms with E-state index in [9.17, 15) is 0 Å². The molecule has 0 aromatic heterocycles. The molecule has 0 radical (unpaired) electrons. The SMILES string of the molecule is O=S([O-])[O-].[PbH2+2]. The predicted molar refractivity (Wildman–Crippen MR) is 18.2 cm³/mol.